The molecular weight excluding hydrogens is 222 g/mol. The number of thiophene rings is 1. The number of nitrogens with two attached hydrogens (primary N) is 1. The number of rotatable bonds is 3. The lowest BCUT2D eigenvalue weighted by Gasteiger charge is -2.05. The summed E-state index contributed by atoms with van der Waals surface area (Å²) in [5.41, 5.74) is 5.91. The third-order valence-corrected chi connectivity index (χ3v) is 3.31. The second-order valence-electron chi connectivity index (χ2n) is 2.54. The van der Waals surface area contributed by atoms with Crippen molar-refractivity contribution < 1.29 is 0 Å². The van der Waals surface area contributed by atoms with Crippen molar-refractivity contribution in [3.8, 4) is 0 Å². The molecule has 0 aliphatic heterocycles. The van der Waals surface area contributed by atoms with Crippen molar-refractivity contribution in [2.45, 2.75) is 25.8 Å². The van der Waals surface area contributed by atoms with Gasteiger partial charge >= 0.3 is 0 Å². The van der Waals surface area contributed by atoms with Crippen molar-refractivity contribution in [3.05, 3.63) is 20.8 Å². The predicted molar refractivity (Wildman–Crippen MR) is 53.9 cm³/mol. The number of hydrogen-bond acceptors (Lipinski definition) is 2. The summed E-state index contributed by atoms with van der Waals surface area (Å²) in [6.07, 6.45) is 2.23. The SMILES string of the molecule is CCC[C@@H](N)c1ccc(Br)s1. The van der Waals surface area contributed by atoms with E-state index in [0.717, 1.165) is 12.8 Å². The Kier molecular flexibility index (Phi) is 3.55. The van der Waals surface area contributed by atoms with Crippen LogP contribution in [0.5, 0.6) is 0 Å². The molecule has 0 saturated heterocycles. The highest BCUT2D eigenvalue weighted by atomic mass is 79.9. The maximum Gasteiger partial charge on any atom is 0.0701 e. The molecule has 1 aromatic heterocycles. The molecular formula is C8H12BrNS. The number of hydrogen-bond donors (Lipinski definition) is 1. The van der Waals surface area contributed by atoms with Crippen LogP contribution in [0.15, 0.2) is 15.9 Å². The molecule has 3 heteroatoms. The highest BCUT2D eigenvalue weighted by molar-refractivity contribution is 9.11. The highest BCUT2D eigenvalue weighted by Gasteiger charge is 2.06. The Balaban J connectivity index is 2.60. The molecule has 1 atom stereocenters. The summed E-state index contributed by atoms with van der Waals surface area (Å²) in [6, 6.07) is 4.38. The van der Waals surface area contributed by atoms with E-state index in [1.54, 1.807) is 11.3 Å². The third kappa shape index (κ3) is 2.58. The molecule has 0 saturated carbocycles. The zero-order valence-electron chi connectivity index (χ0n) is 6.51. The molecule has 0 radical (unpaired) electrons. The van der Waals surface area contributed by atoms with Gasteiger partial charge in [0, 0.05) is 10.9 Å². The fourth-order valence-corrected chi connectivity index (χ4v) is 2.44. The van der Waals surface area contributed by atoms with Crippen LogP contribution in [0.25, 0.3) is 0 Å². The van der Waals surface area contributed by atoms with Crippen LogP contribution in [-0.2, 0) is 0 Å². The molecule has 1 rings (SSSR count). The van der Waals surface area contributed by atoms with Gasteiger partial charge in [0.1, 0.15) is 0 Å². The Morgan fingerprint density at radius 3 is 2.82 bits per heavy atom. The predicted octanol–water partition coefficient (Wildman–Crippen LogP) is 3.31. The van der Waals surface area contributed by atoms with Gasteiger partial charge in [-0.2, -0.15) is 0 Å². The zero-order chi connectivity index (χ0) is 8.27. The highest BCUT2D eigenvalue weighted by Crippen LogP contribution is 2.27. The molecule has 0 aliphatic rings. The Labute approximate surface area is 79.7 Å². The molecule has 2 N–H and O–H groups in total. The van der Waals surface area contributed by atoms with Crippen LogP contribution in [0.2, 0.25) is 0 Å². The van der Waals surface area contributed by atoms with Crippen molar-refractivity contribution in [1.29, 1.82) is 0 Å². The van der Waals surface area contributed by atoms with Gasteiger partial charge in [-0.3, -0.25) is 0 Å². The number of halogens is 1. The summed E-state index contributed by atoms with van der Waals surface area (Å²) in [6.45, 7) is 2.16. The van der Waals surface area contributed by atoms with Gasteiger partial charge in [-0.1, -0.05) is 13.3 Å². The lowest BCUT2D eigenvalue weighted by atomic mass is 10.1. The monoisotopic (exact) mass is 233 g/mol. The molecule has 1 heterocycles. The molecule has 1 aromatic rings. The van der Waals surface area contributed by atoms with E-state index in [9.17, 15) is 0 Å². The summed E-state index contributed by atoms with van der Waals surface area (Å²) in [7, 11) is 0. The molecule has 11 heavy (non-hydrogen) atoms. The van der Waals surface area contributed by atoms with Crippen molar-refractivity contribution >= 4 is 27.3 Å². The summed E-state index contributed by atoms with van der Waals surface area (Å²) >= 11 is 5.14. The van der Waals surface area contributed by atoms with E-state index in [2.05, 4.69) is 35.0 Å². The maximum atomic E-state index is 5.91. The molecule has 0 aliphatic carbocycles. The quantitative estimate of drug-likeness (QED) is 0.853. The van der Waals surface area contributed by atoms with E-state index in [0.29, 0.717) is 0 Å². The molecule has 1 nitrogen and oxygen atoms in total. The van der Waals surface area contributed by atoms with E-state index in [1.165, 1.54) is 8.66 Å². The zero-order valence-corrected chi connectivity index (χ0v) is 8.91. The van der Waals surface area contributed by atoms with E-state index >= 15 is 0 Å². The molecule has 0 amide bonds. The Morgan fingerprint density at radius 2 is 2.36 bits per heavy atom. The van der Waals surface area contributed by atoms with Crippen LogP contribution in [0, 0.1) is 0 Å². The van der Waals surface area contributed by atoms with Gasteiger partial charge in [0.15, 0.2) is 0 Å². The topological polar surface area (TPSA) is 26.0 Å². The summed E-state index contributed by atoms with van der Waals surface area (Å²) in [5, 5.41) is 0. The normalized spacial score (nSPS) is 13.4. The molecule has 0 spiro atoms. The summed E-state index contributed by atoms with van der Waals surface area (Å²) in [5.74, 6) is 0. The molecule has 0 aromatic carbocycles. The standard InChI is InChI=1S/C8H12BrNS/c1-2-3-6(10)7-4-5-8(9)11-7/h4-6H,2-3,10H2,1H3/t6-/m1/s1. The minimum absolute atomic E-state index is 0.233. The average molecular weight is 234 g/mol. The first kappa shape index (κ1) is 9.23. The molecule has 0 bridgehead atoms. The Morgan fingerprint density at radius 1 is 1.64 bits per heavy atom. The van der Waals surface area contributed by atoms with Crippen LogP contribution < -0.4 is 5.73 Å². The van der Waals surface area contributed by atoms with Gasteiger partial charge in [-0.25, -0.2) is 0 Å². The van der Waals surface area contributed by atoms with Crippen LogP contribution in [-0.4, -0.2) is 0 Å². The summed E-state index contributed by atoms with van der Waals surface area (Å²) in [4.78, 5) is 1.28. The third-order valence-electron chi connectivity index (χ3n) is 1.56. The summed E-state index contributed by atoms with van der Waals surface area (Å²) < 4.78 is 1.17. The first-order valence-corrected chi connectivity index (χ1v) is 5.35. The first-order valence-electron chi connectivity index (χ1n) is 3.75. The smallest absolute Gasteiger partial charge is 0.0701 e. The minimum Gasteiger partial charge on any atom is -0.323 e. The van der Waals surface area contributed by atoms with Crippen LogP contribution in [0.3, 0.4) is 0 Å². The fourth-order valence-electron chi connectivity index (χ4n) is 0.981. The van der Waals surface area contributed by atoms with Crippen molar-refractivity contribution in [2.24, 2.45) is 5.73 Å². The lowest BCUT2D eigenvalue weighted by molar-refractivity contribution is 0.648. The van der Waals surface area contributed by atoms with Crippen molar-refractivity contribution in [1.82, 2.24) is 0 Å². The molecule has 62 valence electrons. The van der Waals surface area contributed by atoms with Gasteiger partial charge in [-0.05, 0) is 34.5 Å². The van der Waals surface area contributed by atoms with Crippen LogP contribution >= 0.6 is 27.3 Å². The van der Waals surface area contributed by atoms with Gasteiger partial charge in [-0.15, -0.1) is 11.3 Å². The Bertz CT molecular complexity index is 222. The largest absolute Gasteiger partial charge is 0.323 e. The van der Waals surface area contributed by atoms with Crippen molar-refractivity contribution in [3.63, 3.8) is 0 Å². The van der Waals surface area contributed by atoms with E-state index in [4.69, 9.17) is 5.73 Å². The fraction of sp³-hybridized carbons (Fsp3) is 0.500. The van der Waals surface area contributed by atoms with Gasteiger partial charge in [0.05, 0.1) is 3.79 Å². The van der Waals surface area contributed by atoms with Crippen LogP contribution in [0.1, 0.15) is 30.7 Å². The second-order valence-corrected chi connectivity index (χ2v) is 5.03. The van der Waals surface area contributed by atoms with Gasteiger partial charge < -0.3 is 5.73 Å². The lowest BCUT2D eigenvalue weighted by Crippen LogP contribution is -2.07. The Hall–Kier alpha value is 0.140. The maximum absolute atomic E-state index is 5.91. The minimum atomic E-state index is 0.233. The van der Waals surface area contributed by atoms with E-state index < -0.39 is 0 Å². The molecule has 0 fully saturated rings. The van der Waals surface area contributed by atoms with Crippen LogP contribution in [0.4, 0.5) is 0 Å². The second kappa shape index (κ2) is 4.24. The van der Waals surface area contributed by atoms with Gasteiger partial charge in [0.2, 0.25) is 0 Å². The average Bonchev–Trinajstić information content (AvgIpc) is 2.36. The molecule has 0 unspecified atom stereocenters. The van der Waals surface area contributed by atoms with Crippen molar-refractivity contribution in [2.75, 3.05) is 0 Å². The van der Waals surface area contributed by atoms with Gasteiger partial charge in [0.25, 0.3) is 0 Å². The van der Waals surface area contributed by atoms with E-state index in [-0.39, 0.29) is 6.04 Å². The first-order chi connectivity index (χ1) is 5.24. The van der Waals surface area contributed by atoms with E-state index in [1.807, 2.05) is 0 Å².